The fraction of sp³-hybridized carbons (Fsp3) is 0.364. The molecule has 0 aliphatic rings. The molecule has 0 atom stereocenters. The molecule has 0 aliphatic carbocycles. The minimum atomic E-state index is -0.329. The summed E-state index contributed by atoms with van der Waals surface area (Å²) >= 11 is 6.02. The number of hydrogen-bond acceptors (Lipinski definition) is 4. The Labute approximate surface area is 177 Å². The van der Waals surface area contributed by atoms with E-state index in [1.165, 1.54) is 14.0 Å². The smallest absolute Gasteiger partial charge is 0.238 e. The minimum absolute atomic E-state index is 0.123. The third-order valence-corrected chi connectivity index (χ3v) is 5.24. The maximum absolute atomic E-state index is 12.6. The summed E-state index contributed by atoms with van der Waals surface area (Å²) in [6, 6.07) is 12.8. The van der Waals surface area contributed by atoms with Gasteiger partial charge in [-0.05, 0) is 48.7 Å². The molecule has 0 saturated heterocycles. The van der Waals surface area contributed by atoms with E-state index >= 15 is 0 Å². The first kappa shape index (κ1) is 22.7. The summed E-state index contributed by atoms with van der Waals surface area (Å²) in [7, 11) is 1.53. The van der Waals surface area contributed by atoms with E-state index < -0.39 is 0 Å². The highest BCUT2D eigenvalue weighted by Crippen LogP contribution is 2.30. The standard InChI is InChI=1S/C22H28ClN3O3/c1-5-22(6-2,16-7-9-17(23)10-8-16)24-14-21(28)26-19-13-18(25-15(3)27)11-12-20(19)29-4/h7-13,24H,5-6,14H2,1-4H3,(H,25,27)(H,26,28). The molecule has 0 heterocycles. The number of ether oxygens (including phenoxy) is 1. The van der Waals surface area contributed by atoms with Crippen molar-refractivity contribution in [1.82, 2.24) is 5.32 Å². The molecule has 29 heavy (non-hydrogen) atoms. The van der Waals surface area contributed by atoms with E-state index in [4.69, 9.17) is 16.3 Å². The van der Waals surface area contributed by atoms with Crippen LogP contribution in [0.25, 0.3) is 0 Å². The number of nitrogens with one attached hydrogen (secondary N) is 3. The van der Waals surface area contributed by atoms with E-state index in [0.29, 0.717) is 22.1 Å². The predicted molar refractivity (Wildman–Crippen MR) is 118 cm³/mol. The van der Waals surface area contributed by atoms with Crippen molar-refractivity contribution in [3.63, 3.8) is 0 Å². The molecule has 7 heteroatoms. The maximum Gasteiger partial charge on any atom is 0.238 e. The van der Waals surface area contributed by atoms with Crippen molar-refractivity contribution in [2.24, 2.45) is 0 Å². The largest absolute Gasteiger partial charge is 0.495 e. The third-order valence-electron chi connectivity index (χ3n) is 4.99. The lowest BCUT2D eigenvalue weighted by Gasteiger charge is -2.33. The molecule has 6 nitrogen and oxygen atoms in total. The average Bonchev–Trinajstić information content (AvgIpc) is 2.70. The van der Waals surface area contributed by atoms with Crippen molar-refractivity contribution >= 4 is 34.8 Å². The van der Waals surface area contributed by atoms with Gasteiger partial charge < -0.3 is 15.4 Å². The first-order valence-electron chi connectivity index (χ1n) is 9.60. The molecular weight excluding hydrogens is 390 g/mol. The molecule has 2 rings (SSSR count). The van der Waals surface area contributed by atoms with Crippen molar-refractivity contribution in [1.29, 1.82) is 0 Å². The molecule has 0 bridgehead atoms. The third kappa shape index (κ3) is 5.95. The van der Waals surface area contributed by atoms with Crippen molar-refractivity contribution in [3.05, 3.63) is 53.1 Å². The quantitative estimate of drug-likeness (QED) is 0.559. The van der Waals surface area contributed by atoms with E-state index in [-0.39, 0.29) is 23.9 Å². The first-order valence-corrected chi connectivity index (χ1v) is 9.98. The summed E-state index contributed by atoms with van der Waals surface area (Å²) in [5.41, 5.74) is 1.84. The van der Waals surface area contributed by atoms with Crippen molar-refractivity contribution in [2.75, 3.05) is 24.3 Å². The predicted octanol–water partition coefficient (Wildman–Crippen LogP) is 4.55. The lowest BCUT2D eigenvalue weighted by Crippen LogP contribution is -2.45. The zero-order valence-electron chi connectivity index (χ0n) is 17.3. The van der Waals surface area contributed by atoms with Gasteiger partial charge in [0.2, 0.25) is 11.8 Å². The molecule has 0 aliphatic heterocycles. The second-order valence-corrected chi connectivity index (χ2v) is 7.23. The fourth-order valence-corrected chi connectivity index (χ4v) is 3.44. The summed E-state index contributed by atoms with van der Waals surface area (Å²) in [5, 5.41) is 9.64. The van der Waals surface area contributed by atoms with Gasteiger partial charge in [0, 0.05) is 23.2 Å². The highest BCUT2D eigenvalue weighted by atomic mass is 35.5. The van der Waals surface area contributed by atoms with Crippen molar-refractivity contribution in [3.8, 4) is 5.75 Å². The number of methoxy groups -OCH3 is 1. The molecule has 0 fully saturated rings. The summed E-state index contributed by atoms with van der Waals surface area (Å²) in [4.78, 5) is 23.9. The summed E-state index contributed by atoms with van der Waals surface area (Å²) in [6.07, 6.45) is 1.64. The molecule has 0 spiro atoms. The number of benzene rings is 2. The van der Waals surface area contributed by atoms with Crippen molar-refractivity contribution < 1.29 is 14.3 Å². The number of amides is 2. The monoisotopic (exact) mass is 417 g/mol. The number of carbonyl (C=O) groups excluding carboxylic acids is 2. The summed E-state index contributed by atoms with van der Waals surface area (Å²) in [6.45, 7) is 5.72. The first-order chi connectivity index (χ1) is 13.8. The molecule has 0 saturated carbocycles. The molecule has 2 aromatic rings. The molecule has 0 unspecified atom stereocenters. The average molecular weight is 418 g/mol. The van der Waals surface area contributed by atoms with E-state index in [2.05, 4.69) is 29.8 Å². The second-order valence-electron chi connectivity index (χ2n) is 6.79. The summed E-state index contributed by atoms with van der Waals surface area (Å²) < 4.78 is 5.31. The fourth-order valence-electron chi connectivity index (χ4n) is 3.31. The molecule has 3 N–H and O–H groups in total. The number of halogens is 1. The lowest BCUT2D eigenvalue weighted by molar-refractivity contribution is -0.116. The van der Waals surface area contributed by atoms with Gasteiger partial charge in [-0.3, -0.25) is 14.9 Å². The number of anilines is 2. The number of rotatable bonds is 9. The topological polar surface area (TPSA) is 79.5 Å². The Kier molecular flexibility index (Phi) is 8.05. The van der Waals surface area contributed by atoms with Crippen LogP contribution in [0, 0.1) is 0 Å². The van der Waals surface area contributed by atoms with Crippen LogP contribution in [0.3, 0.4) is 0 Å². The van der Waals surface area contributed by atoms with Crippen LogP contribution in [-0.2, 0) is 15.1 Å². The van der Waals surface area contributed by atoms with Gasteiger partial charge in [0.25, 0.3) is 0 Å². The van der Waals surface area contributed by atoms with Gasteiger partial charge >= 0.3 is 0 Å². The Morgan fingerprint density at radius 3 is 2.24 bits per heavy atom. The van der Waals surface area contributed by atoms with E-state index in [9.17, 15) is 9.59 Å². The van der Waals surface area contributed by atoms with Gasteiger partial charge in [0.15, 0.2) is 0 Å². The second kappa shape index (κ2) is 10.3. The van der Waals surface area contributed by atoms with Crippen LogP contribution in [0.2, 0.25) is 5.02 Å². The highest BCUT2D eigenvalue weighted by molar-refractivity contribution is 6.30. The lowest BCUT2D eigenvalue weighted by atomic mass is 9.84. The van der Waals surface area contributed by atoms with Gasteiger partial charge in [-0.25, -0.2) is 0 Å². The molecule has 156 valence electrons. The molecule has 2 aromatic carbocycles. The highest BCUT2D eigenvalue weighted by Gasteiger charge is 2.28. The maximum atomic E-state index is 12.6. The van der Waals surface area contributed by atoms with E-state index in [0.717, 1.165) is 18.4 Å². The zero-order valence-corrected chi connectivity index (χ0v) is 18.0. The molecule has 2 amide bonds. The SMILES string of the molecule is CCC(CC)(NCC(=O)Nc1cc(NC(C)=O)ccc1OC)c1ccc(Cl)cc1. The van der Waals surface area contributed by atoms with Crippen LogP contribution in [0.5, 0.6) is 5.75 Å². The zero-order chi connectivity index (χ0) is 21.4. The molecule has 0 radical (unpaired) electrons. The van der Waals surface area contributed by atoms with Crippen LogP contribution in [0.4, 0.5) is 11.4 Å². The van der Waals surface area contributed by atoms with E-state index in [1.54, 1.807) is 18.2 Å². The van der Waals surface area contributed by atoms with E-state index in [1.807, 2.05) is 24.3 Å². The van der Waals surface area contributed by atoms with Crippen LogP contribution in [0.15, 0.2) is 42.5 Å². The minimum Gasteiger partial charge on any atom is -0.495 e. The molecule has 0 aromatic heterocycles. The Morgan fingerprint density at radius 2 is 1.69 bits per heavy atom. The Bertz CT molecular complexity index is 849. The molecular formula is C22H28ClN3O3. The van der Waals surface area contributed by atoms with Gasteiger partial charge in [-0.1, -0.05) is 37.6 Å². The summed E-state index contributed by atoms with van der Waals surface area (Å²) in [5.74, 6) is 0.124. The van der Waals surface area contributed by atoms with Gasteiger partial charge in [-0.2, -0.15) is 0 Å². The van der Waals surface area contributed by atoms with Crippen LogP contribution in [-0.4, -0.2) is 25.5 Å². The normalized spacial score (nSPS) is 11.1. The van der Waals surface area contributed by atoms with Crippen LogP contribution < -0.4 is 20.7 Å². The number of hydrogen-bond donors (Lipinski definition) is 3. The van der Waals surface area contributed by atoms with Crippen molar-refractivity contribution in [2.45, 2.75) is 39.2 Å². The Hall–Kier alpha value is -2.57. The van der Waals surface area contributed by atoms with Gasteiger partial charge in [0.05, 0.1) is 19.3 Å². The van der Waals surface area contributed by atoms with Gasteiger partial charge in [0.1, 0.15) is 5.75 Å². The Morgan fingerprint density at radius 1 is 1.03 bits per heavy atom. The Balaban J connectivity index is 2.13. The van der Waals surface area contributed by atoms with Crippen LogP contribution in [0.1, 0.15) is 39.2 Å². The van der Waals surface area contributed by atoms with Crippen LogP contribution >= 0.6 is 11.6 Å². The van der Waals surface area contributed by atoms with Gasteiger partial charge in [-0.15, -0.1) is 0 Å². The number of carbonyl (C=O) groups is 2.